The molecule has 2 aromatic heterocycles. The predicted molar refractivity (Wildman–Crippen MR) is 154 cm³/mol. The zero-order valence-electron chi connectivity index (χ0n) is 22.3. The van der Waals surface area contributed by atoms with Gasteiger partial charge in [-0.05, 0) is 31.0 Å². The van der Waals surface area contributed by atoms with Gasteiger partial charge in [0.15, 0.2) is 5.82 Å². The smallest absolute Gasteiger partial charge is 0.270 e. The molecule has 39 heavy (non-hydrogen) atoms. The van der Waals surface area contributed by atoms with Gasteiger partial charge < -0.3 is 25.4 Å². The van der Waals surface area contributed by atoms with Crippen LogP contribution in [0.15, 0.2) is 66.7 Å². The van der Waals surface area contributed by atoms with Crippen molar-refractivity contribution >= 4 is 28.7 Å². The molecule has 2 aromatic carbocycles. The molecule has 0 unspecified atom stereocenters. The van der Waals surface area contributed by atoms with Crippen LogP contribution in [0.4, 0.5) is 5.82 Å². The molecule has 2 amide bonds. The first-order valence-electron chi connectivity index (χ1n) is 13.6. The summed E-state index contributed by atoms with van der Waals surface area (Å²) in [5.41, 5.74) is 3.33. The van der Waals surface area contributed by atoms with Crippen LogP contribution in [-0.4, -0.2) is 82.4 Å². The maximum absolute atomic E-state index is 13.6. The van der Waals surface area contributed by atoms with E-state index in [1.807, 2.05) is 47.4 Å². The fourth-order valence-corrected chi connectivity index (χ4v) is 4.89. The van der Waals surface area contributed by atoms with E-state index in [0.29, 0.717) is 42.6 Å². The normalized spacial score (nSPS) is 14.2. The number of anilines is 1. The van der Waals surface area contributed by atoms with E-state index in [4.69, 9.17) is 9.97 Å². The highest BCUT2D eigenvalue weighted by Gasteiger charge is 2.23. The SMILES string of the molecule is CC(=O)NCCNc1nc(-c2ccccc2)nc2[nH]c(C(=O)N3CCCN(CCc4ccccc4)CC3)cc12. The van der Waals surface area contributed by atoms with Crippen molar-refractivity contribution in [2.45, 2.75) is 19.8 Å². The summed E-state index contributed by atoms with van der Waals surface area (Å²) in [5, 5.41) is 6.85. The number of aromatic amines is 1. The van der Waals surface area contributed by atoms with Gasteiger partial charge in [-0.2, -0.15) is 0 Å². The molecule has 9 nitrogen and oxygen atoms in total. The number of benzene rings is 2. The topological polar surface area (TPSA) is 106 Å². The quantitative estimate of drug-likeness (QED) is 0.289. The Balaban J connectivity index is 1.31. The Labute approximate surface area is 228 Å². The van der Waals surface area contributed by atoms with Gasteiger partial charge in [-0.1, -0.05) is 60.7 Å². The van der Waals surface area contributed by atoms with Crippen molar-refractivity contribution < 1.29 is 9.59 Å². The van der Waals surface area contributed by atoms with Crippen LogP contribution in [0.2, 0.25) is 0 Å². The van der Waals surface area contributed by atoms with Gasteiger partial charge in [-0.25, -0.2) is 9.97 Å². The number of hydrogen-bond acceptors (Lipinski definition) is 6. The van der Waals surface area contributed by atoms with Gasteiger partial charge in [0.1, 0.15) is 17.2 Å². The fraction of sp³-hybridized carbons (Fsp3) is 0.333. The summed E-state index contributed by atoms with van der Waals surface area (Å²) in [7, 11) is 0. The van der Waals surface area contributed by atoms with Crippen LogP contribution in [0.25, 0.3) is 22.4 Å². The van der Waals surface area contributed by atoms with Crippen LogP contribution in [-0.2, 0) is 11.2 Å². The Kier molecular flexibility index (Phi) is 8.48. The minimum atomic E-state index is -0.0831. The molecule has 1 aliphatic rings. The summed E-state index contributed by atoms with van der Waals surface area (Å²) in [4.78, 5) is 42.0. The first-order valence-corrected chi connectivity index (χ1v) is 13.6. The van der Waals surface area contributed by atoms with E-state index in [1.165, 1.54) is 12.5 Å². The predicted octanol–water partition coefficient (Wildman–Crippen LogP) is 3.56. The number of fused-ring (bicyclic) bond motifs is 1. The van der Waals surface area contributed by atoms with Crippen LogP contribution in [0, 0.1) is 0 Å². The molecule has 1 fully saturated rings. The lowest BCUT2D eigenvalue weighted by atomic mass is 10.1. The lowest BCUT2D eigenvalue weighted by Gasteiger charge is -2.21. The van der Waals surface area contributed by atoms with E-state index in [0.717, 1.165) is 50.0 Å². The van der Waals surface area contributed by atoms with Crippen molar-refractivity contribution in [3.05, 3.63) is 78.0 Å². The Bertz CT molecular complexity index is 1410. The van der Waals surface area contributed by atoms with Gasteiger partial charge in [-0.15, -0.1) is 0 Å². The third-order valence-corrected chi connectivity index (χ3v) is 6.98. The van der Waals surface area contributed by atoms with Crippen molar-refractivity contribution in [2.75, 3.05) is 51.1 Å². The van der Waals surface area contributed by atoms with Crippen molar-refractivity contribution in [1.82, 2.24) is 30.1 Å². The fourth-order valence-electron chi connectivity index (χ4n) is 4.89. The zero-order chi connectivity index (χ0) is 27.0. The molecule has 1 aliphatic heterocycles. The number of H-pyrrole nitrogens is 1. The summed E-state index contributed by atoms with van der Waals surface area (Å²) in [6.07, 6.45) is 1.95. The van der Waals surface area contributed by atoms with Gasteiger partial charge >= 0.3 is 0 Å². The van der Waals surface area contributed by atoms with E-state index in [9.17, 15) is 9.59 Å². The summed E-state index contributed by atoms with van der Waals surface area (Å²) in [6, 6.07) is 22.1. The van der Waals surface area contributed by atoms with E-state index < -0.39 is 0 Å². The Morgan fingerprint density at radius 3 is 2.46 bits per heavy atom. The molecule has 1 saturated heterocycles. The third-order valence-electron chi connectivity index (χ3n) is 6.98. The summed E-state index contributed by atoms with van der Waals surface area (Å²) in [5.74, 6) is 1.08. The second kappa shape index (κ2) is 12.5. The number of nitrogens with one attached hydrogen (secondary N) is 3. The number of nitrogens with zero attached hydrogens (tertiary/aromatic N) is 4. The van der Waals surface area contributed by atoms with Crippen molar-refractivity contribution in [3.63, 3.8) is 0 Å². The van der Waals surface area contributed by atoms with Crippen LogP contribution in [0.5, 0.6) is 0 Å². The van der Waals surface area contributed by atoms with Gasteiger partial charge in [0.05, 0.1) is 5.39 Å². The molecule has 3 N–H and O–H groups in total. The maximum atomic E-state index is 13.6. The first-order chi connectivity index (χ1) is 19.1. The van der Waals surface area contributed by atoms with Gasteiger partial charge in [0.2, 0.25) is 5.91 Å². The highest BCUT2D eigenvalue weighted by atomic mass is 16.2. The highest BCUT2D eigenvalue weighted by molar-refractivity contribution is 6.00. The van der Waals surface area contributed by atoms with Crippen LogP contribution in [0.1, 0.15) is 29.4 Å². The van der Waals surface area contributed by atoms with Crippen LogP contribution < -0.4 is 10.6 Å². The molecular formula is C30H35N7O2. The van der Waals surface area contributed by atoms with Gasteiger partial charge in [0.25, 0.3) is 5.91 Å². The highest BCUT2D eigenvalue weighted by Crippen LogP contribution is 2.26. The van der Waals surface area contributed by atoms with E-state index in [1.54, 1.807) is 0 Å². The standard InChI is InChI=1S/C30H35N7O2/c1-22(38)31-14-15-32-28-25-21-26(33-29(25)35-27(34-28)24-11-6-3-7-12-24)30(39)37-17-8-16-36(19-20-37)18-13-23-9-4-2-5-10-23/h2-7,9-12,21H,8,13-20H2,1H3,(H,31,38)(H2,32,33,34,35). The molecule has 0 bridgehead atoms. The largest absolute Gasteiger partial charge is 0.368 e. The average Bonchev–Trinajstić information content (AvgIpc) is 3.26. The second-order valence-electron chi connectivity index (χ2n) is 9.84. The first kappa shape index (κ1) is 26.4. The lowest BCUT2D eigenvalue weighted by Crippen LogP contribution is -2.35. The summed E-state index contributed by atoms with van der Waals surface area (Å²) in [6.45, 7) is 6.69. The molecule has 202 valence electrons. The zero-order valence-corrected chi connectivity index (χ0v) is 22.3. The molecule has 0 spiro atoms. The monoisotopic (exact) mass is 525 g/mol. The number of aromatic nitrogens is 3. The Morgan fingerprint density at radius 2 is 1.69 bits per heavy atom. The second-order valence-corrected chi connectivity index (χ2v) is 9.84. The number of rotatable bonds is 9. The van der Waals surface area contributed by atoms with Crippen LogP contribution in [0.3, 0.4) is 0 Å². The molecule has 9 heteroatoms. The van der Waals surface area contributed by atoms with E-state index in [-0.39, 0.29) is 11.8 Å². The van der Waals surface area contributed by atoms with Crippen LogP contribution >= 0.6 is 0 Å². The average molecular weight is 526 g/mol. The molecule has 0 saturated carbocycles. The van der Waals surface area contributed by atoms with Gasteiger partial charge in [-0.3, -0.25) is 9.59 Å². The van der Waals surface area contributed by atoms with Gasteiger partial charge in [0, 0.05) is 51.8 Å². The summed E-state index contributed by atoms with van der Waals surface area (Å²) < 4.78 is 0. The van der Waals surface area contributed by atoms with Crippen molar-refractivity contribution in [2.24, 2.45) is 0 Å². The number of hydrogen-bond donors (Lipinski definition) is 3. The molecule has 3 heterocycles. The molecular weight excluding hydrogens is 490 g/mol. The minimum absolute atomic E-state index is 0.0247. The van der Waals surface area contributed by atoms with E-state index in [2.05, 4.69) is 44.8 Å². The molecule has 0 radical (unpaired) electrons. The van der Waals surface area contributed by atoms with E-state index >= 15 is 0 Å². The lowest BCUT2D eigenvalue weighted by molar-refractivity contribution is -0.118. The Morgan fingerprint density at radius 1 is 0.923 bits per heavy atom. The van der Waals surface area contributed by atoms with Crippen molar-refractivity contribution in [3.8, 4) is 11.4 Å². The molecule has 0 atom stereocenters. The maximum Gasteiger partial charge on any atom is 0.270 e. The number of carbonyl (C=O) groups excluding carboxylic acids is 2. The Hall–Kier alpha value is -4.24. The van der Waals surface area contributed by atoms with Crippen molar-refractivity contribution in [1.29, 1.82) is 0 Å². The molecule has 0 aliphatic carbocycles. The number of amides is 2. The molecule has 4 aromatic rings. The molecule has 5 rings (SSSR count). The third kappa shape index (κ3) is 6.80. The summed E-state index contributed by atoms with van der Waals surface area (Å²) >= 11 is 0. The number of carbonyl (C=O) groups is 2. The minimum Gasteiger partial charge on any atom is -0.368 e.